The fraction of sp³-hybridized carbons (Fsp3) is 0.579. The molecule has 1 aliphatic carbocycles. The van der Waals surface area contributed by atoms with Crippen molar-refractivity contribution in [2.75, 3.05) is 31.1 Å². The standard InChI is InChI=1S/C19H23N5OS/c1-11-18(26-12(2)22-11)19(25)24-8-14-6-23(7-15(14)9-24)17-5-16(13-3-4-13)20-10-21-17/h5,10,13-15H,3-4,6-9H2,1-2H3. The third kappa shape index (κ3) is 2.78. The van der Waals surface area contributed by atoms with Crippen molar-refractivity contribution in [1.82, 2.24) is 19.9 Å². The van der Waals surface area contributed by atoms with Gasteiger partial charge < -0.3 is 9.80 Å². The molecule has 0 aromatic carbocycles. The number of aromatic nitrogens is 3. The Hall–Kier alpha value is -2.02. The second-order valence-corrected chi connectivity index (χ2v) is 9.06. The molecule has 0 N–H and O–H groups in total. The molecule has 2 atom stereocenters. The number of anilines is 1. The number of likely N-dealkylation sites (tertiary alicyclic amines) is 1. The van der Waals surface area contributed by atoms with Gasteiger partial charge in [-0.25, -0.2) is 15.0 Å². The summed E-state index contributed by atoms with van der Waals surface area (Å²) >= 11 is 1.52. The van der Waals surface area contributed by atoms with E-state index in [1.807, 2.05) is 18.7 Å². The van der Waals surface area contributed by atoms with Crippen molar-refractivity contribution in [1.29, 1.82) is 0 Å². The first kappa shape index (κ1) is 16.2. The van der Waals surface area contributed by atoms with Crippen molar-refractivity contribution in [3.05, 3.63) is 33.7 Å². The molecule has 7 heteroatoms. The highest BCUT2D eigenvalue weighted by Gasteiger charge is 2.42. The zero-order valence-corrected chi connectivity index (χ0v) is 16.0. The van der Waals surface area contributed by atoms with E-state index in [1.54, 1.807) is 6.33 Å². The molecular formula is C19H23N5OS. The molecule has 3 aliphatic rings. The number of nitrogens with zero attached hydrogens (tertiary/aromatic N) is 5. The summed E-state index contributed by atoms with van der Waals surface area (Å²) in [5.41, 5.74) is 2.06. The van der Waals surface area contributed by atoms with Gasteiger partial charge in [-0.1, -0.05) is 0 Å². The Morgan fingerprint density at radius 2 is 1.85 bits per heavy atom. The number of aryl methyl sites for hydroxylation is 2. The van der Waals surface area contributed by atoms with Crippen LogP contribution in [-0.4, -0.2) is 51.9 Å². The Morgan fingerprint density at radius 1 is 1.12 bits per heavy atom. The van der Waals surface area contributed by atoms with Gasteiger partial charge in [0.1, 0.15) is 17.0 Å². The van der Waals surface area contributed by atoms with Crippen molar-refractivity contribution in [2.24, 2.45) is 11.8 Å². The second kappa shape index (κ2) is 6.01. The van der Waals surface area contributed by atoms with Gasteiger partial charge >= 0.3 is 0 Å². The highest BCUT2D eigenvalue weighted by molar-refractivity contribution is 7.13. The van der Waals surface area contributed by atoms with Crippen molar-refractivity contribution < 1.29 is 4.79 Å². The number of hydrogen-bond donors (Lipinski definition) is 0. The first-order valence-electron chi connectivity index (χ1n) is 9.38. The van der Waals surface area contributed by atoms with Crippen LogP contribution in [0.2, 0.25) is 0 Å². The molecular weight excluding hydrogens is 346 g/mol. The van der Waals surface area contributed by atoms with E-state index in [1.165, 1.54) is 29.9 Å². The zero-order chi connectivity index (χ0) is 17.8. The topological polar surface area (TPSA) is 62.2 Å². The van der Waals surface area contributed by atoms with E-state index >= 15 is 0 Å². The van der Waals surface area contributed by atoms with Gasteiger partial charge in [-0.2, -0.15) is 0 Å². The first-order valence-corrected chi connectivity index (χ1v) is 10.2. The SMILES string of the molecule is Cc1nc(C)c(C(=O)N2CC3CN(c4cc(C5CC5)ncn4)CC3C2)s1. The molecule has 4 heterocycles. The summed E-state index contributed by atoms with van der Waals surface area (Å²) in [6, 6.07) is 2.17. The molecule has 26 heavy (non-hydrogen) atoms. The Labute approximate surface area is 157 Å². The van der Waals surface area contributed by atoms with Crippen LogP contribution in [-0.2, 0) is 0 Å². The Bertz CT molecular complexity index is 847. The van der Waals surface area contributed by atoms with E-state index in [2.05, 4.69) is 25.9 Å². The minimum absolute atomic E-state index is 0.159. The number of rotatable bonds is 3. The maximum Gasteiger partial charge on any atom is 0.265 e. The summed E-state index contributed by atoms with van der Waals surface area (Å²) in [7, 11) is 0. The molecule has 2 aromatic rings. The largest absolute Gasteiger partial charge is 0.356 e. The summed E-state index contributed by atoms with van der Waals surface area (Å²) in [4.78, 5) is 31.4. The van der Waals surface area contributed by atoms with E-state index in [-0.39, 0.29) is 5.91 Å². The van der Waals surface area contributed by atoms with Crippen molar-refractivity contribution in [3.8, 4) is 0 Å². The predicted octanol–water partition coefficient (Wildman–Crippen LogP) is 2.64. The van der Waals surface area contributed by atoms with Gasteiger partial charge in [-0.15, -0.1) is 11.3 Å². The lowest BCUT2D eigenvalue weighted by Gasteiger charge is -2.22. The molecule has 0 radical (unpaired) electrons. The number of hydrogen-bond acceptors (Lipinski definition) is 6. The maximum atomic E-state index is 12.9. The Kier molecular flexibility index (Phi) is 3.74. The van der Waals surface area contributed by atoms with E-state index in [0.29, 0.717) is 17.8 Å². The van der Waals surface area contributed by atoms with Crippen LogP contribution in [0.15, 0.2) is 12.4 Å². The monoisotopic (exact) mass is 369 g/mol. The number of carbonyl (C=O) groups is 1. The van der Waals surface area contributed by atoms with Gasteiger partial charge in [0.15, 0.2) is 0 Å². The third-order valence-corrected chi connectivity index (χ3v) is 6.93. The molecule has 1 saturated carbocycles. The predicted molar refractivity (Wildman–Crippen MR) is 101 cm³/mol. The molecule has 6 nitrogen and oxygen atoms in total. The molecule has 0 bridgehead atoms. The fourth-order valence-corrected chi connectivity index (χ4v) is 5.24. The van der Waals surface area contributed by atoms with Gasteiger partial charge in [0.2, 0.25) is 0 Å². The smallest absolute Gasteiger partial charge is 0.265 e. The summed E-state index contributed by atoms with van der Waals surface area (Å²) in [6.07, 6.45) is 4.23. The molecule has 3 fully saturated rings. The lowest BCUT2D eigenvalue weighted by molar-refractivity contribution is 0.0786. The second-order valence-electron chi connectivity index (χ2n) is 7.86. The molecule has 136 valence electrons. The highest BCUT2D eigenvalue weighted by atomic mass is 32.1. The van der Waals surface area contributed by atoms with Gasteiger partial charge in [0, 0.05) is 55.7 Å². The van der Waals surface area contributed by atoms with E-state index in [4.69, 9.17) is 0 Å². The van der Waals surface area contributed by atoms with Crippen LogP contribution >= 0.6 is 11.3 Å². The van der Waals surface area contributed by atoms with Crippen LogP contribution < -0.4 is 4.90 Å². The average Bonchev–Trinajstić information content (AvgIpc) is 3.16. The molecule has 2 aromatic heterocycles. The highest BCUT2D eigenvalue weighted by Crippen LogP contribution is 2.40. The van der Waals surface area contributed by atoms with Crippen LogP contribution in [0.5, 0.6) is 0 Å². The van der Waals surface area contributed by atoms with Crippen molar-refractivity contribution >= 4 is 23.1 Å². The van der Waals surface area contributed by atoms with Crippen molar-refractivity contribution in [2.45, 2.75) is 32.6 Å². The molecule has 5 rings (SSSR count). The van der Waals surface area contributed by atoms with E-state index in [0.717, 1.165) is 47.6 Å². The molecule has 2 saturated heterocycles. The number of thiazole rings is 1. The summed E-state index contributed by atoms with van der Waals surface area (Å²) in [5, 5.41) is 0.964. The average molecular weight is 369 g/mol. The summed E-state index contributed by atoms with van der Waals surface area (Å²) in [6.45, 7) is 7.55. The van der Waals surface area contributed by atoms with Gasteiger partial charge in [0.25, 0.3) is 5.91 Å². The minimum Gasteiger partial charge on any atom is -0.356 e. The van der Waals surface area contributed by atoms with Gasteiger partial charge in [-0.05, 0) is 26.7 Å². The zero-order valence-electron chi connectivity index (χ0n) is 15.2. The summed E-state index contributed by atoms with van der Waals surface area (Å²) in [5.74, 6) is 2.94. The molecule has 2 unspecified atom stereocenters. The minimum atomic E-state index is 0.159. The molecule has 1 amide bonds. The van der Waals surface area contributed by atoms with Gasteiger partial charge in [0.05, 0.1) is 10.7 Å². The van der Waals surface area contributed by atoms with Crippen LogP contribution in [0.25, 0.3) is 0 Å². The van der Waals surface area contributed by atoms with Crippen molar-refractivity contribution in [3.63, 3.8) is 0 Å². The molecule has 2 aliphatic heterocycles. The Balaban J connectivity index is 1.27. The first-order chi connectivity index (χ1) is 12.6. The van der Waals surface area contributed by atoms with Crippen LogP contribution in [0.3, 0.4) is 0 Å². The van der Waals surface area contributed by atoms with E-state index < -0.39 is 0 Å². The third-order valence-electron chi connectivity index (χ3n) is 5.86. The molecule has 0 spiro atoms. The number of amides is 1. The van der Waals surface area contributed by atoms with E-state index in [9.17, 15) is 4.79 Å². The van der Waals surface area contributed by atoms with Crippen LogP contribution in [0.1, 0.15) is 44.8 Å². The normalized spacial score (nSPS) is 25.0. The van der Waals surface area contributed by atoms with Crippen LogP contribution in [0.4, 0.5) is 5.82 Å². The lowest BCUT2D eigenvalue weighted by Crippen LogP contribution is -2.33. The fourth-order valence-electron chi connectivity index (χ4n) is 4.36. The lowest BCUT2D eigenvalue weighted by atomic mass is 10.0. The number of fused-ring (bicyclic) bond motifs is 1. The van der Waals surface area contributed by atoms with Gasteiger partial charge in [-0.3, -0.25) is 4.79 Å². The summed E-state index contributed by atoms with van der Waals surface area (Å²) < 4.78 is 0. The Morgan fingerprint density at radius 3 is 2.46 bits per heavy atom. The van der Waals surface area contributed by atoms with Crippen LogP contribution in [0, 0.1) is 25.7 Å². The maximum absolute atomic E-state index is 12.9. The quantitative estimate of drug-likeness (QED) is 0.832. The number of carbonyl (C=O) groups excluding carboxylic acids is 1.